The number of amides is 1. The summed E-state index contributed by atoms with van der Waals surface area (Å²) in [5, 5.41) is 2.97. The minimum atomic E-state index is -0.133. The van der Waals surface area contributed by atoms with Crippen LogP contribution in [0.2, 0.25) is 0 Å². The molecule has 1 N–H and O–H groups in total. The number of carbonyl (C=O) groups excluding carboxylic acids is 1. The molecule has 30 heavy (non-hydrogen) atoms. The van der Waals surface area contributed by atoms with Crippen LogP contribution >= 0.6 is 0 Å². The largest absolute Gasteiger partial charge is 0.436 e. The van der Waals surface area contributed by atoms with Gasteiger partial charge in [-0.3, -0.25) is 4.79 Å². The van der Waals surface area contributed by atoms with Crippen LogP contribution in [0.4, 0.5) is 5.69 Å². The van der Waals surface area contributed by atoms with E-state index in [1.54, 1.807) is 0 Å². The minimum absolute atomic E-state index is 0.133. The molecule has 1 amide bonds. The first-order chi connectivity index (χ1) is 14.4. The van der Waals surface area contributed by atoms with Crippen LogP contribution in [0.1, 0.15) is 53.2 Å². The summed E-state index contributed by atoms with van der Waals surface area (Å²) in [6.45, 7) is 8.43. The van der Waals surface area contributed by atoms with Crippen LogP contribution in [0.5, 0.6) is 0 Å². The van der Waals surface area contributed by atoms with Gasteiger partial charge in [0, 0.05) is 16.8 Å². The molecule has 0 fully saturated rings. The van der Waals surface area contributed by atoms with Gasteiger partial charge in [0.05, 0.1) is 0 Å². The lowest BCUT2D eigenvalue weighted by Crippen LogP contribution is -2.12. The highest BCUT2D eigenvalue weighted by molar-refractivity contribution is 6.04. The first kappa shape index (κ1) is 19.9. The highest BCUT2D eigenvalue weighted by Gasteiger charge is 2.13. The third-order valence-corrected chi connectivity index (χ3v) is 5.73. The maximum absolute atomic E-state index is 12.6. The van der Waals surface area contributed by atoms with Gasteiger partial charge in [0.2, 0.25) is 5.89 Å². The van der Waals surface area contributed by atoms with E-state index in [-0.39, 0.29) is 5.91 Å². The number of oxazole rings is 1. The molecule has 0 spiro atoms. The average Bonchev–Trinajstić information content (AvgIpc) is 3.18. The number of fused-ring (bicyclic) bond motifs is 1. The van der Waals surface area contributed by atoms with Crippen LogP contribution in [0.15, 0.2) is 65.1 Å². The predicted molar refractivity (Wildman–Crippen MR) is 122 cm³/mol. The van der Waals surface area contributed by atoms with Crippen molar-refractivity contribution in [3.8, 4) is 11.5 Å². The van der Waals surface area contributed by atoms with Gasteiger partial charge < -0.3 is 9.73 Å². The van der Waals surface area contributed by atoms with Crippen molar-refractivity contribution in [2.24, 2.45) is 0 Å². The second-order valence-electron chi connectivity index (χ2n) is 7.89. The maximum Gasteiger partial charge on any atom is 0.255 e. The van der Waals surface area contributed by atoms with Crippen molar-refractivity contribution >= 4 is 22.7 Å². The Kier molecular flexibility index (Phi) is 5.40. The molecule has 0 saturated heterocycles. The number of benzene rings is 3. The molecular weight excluding hydrogens is 372 g/mol. The Bertz CT molecular complexity index is 1220. The number of aryl methyl sites for hydroxylation is 2. The molecule has 4 heteroatoms. The van der Waals surface area contributed by atoms with Crippen LogP contribution in [-0.4, -0.2) is 10.9 Å². The first-order valence-electron chi connectivity index (χ1n) is 10.3. The average molecular weight is 399 g/mol. The van der Waals surface area contributed by atoms with E-state index < -0.39 is 0 Å². The Morgan fingerprint density at radius 3 is 2.63 bits per heavy atom. The molecule has 0 bridgehead atoms. The molecule has 0 unspecified atom stereocenters. The topological polar surface area (TPSA) is 55.1 Å². The fourth-order valence-corrected chi connectivity index (χ4v) is 3.43. The molecular formula is C26H26N2O2. The fraction of sp³-hybridized carbons (Fsp3) is 0.231. The van der Waals surface area contributed by atoms with E-state index in [4.69, 9.17) is 4.42 Å². The van der Waals surface area contributed by atoms with Gasteiger partial charge in [0.25, 0.3) is 5.91 Å². The summed E-state index contributed by atoms with van der Waals surface area (Å²) in [6, 6.07) is 19.5. The summed E-state index contributed by atoms with van der Waals surface area (Å²) in [7, 11) is 0. The van der Waals surface area contributed by atoms with Gasteiger partial charge in [0.15, 0.2) is 5.58 Å². The van der Waals surface area contributed by atoms with E-state index in [1.807, 2.05) is 62.4 Å². The third-order valence-electron chi connectivity index (χ3n) is 5.73. The van der Waals surface area contributed by atoms with Crippen LogP contribution in [0, 0.1) is 13.8 Å². The summed E-state index contributed by atoms with van der Waals surface area (Å²) in [5.41, 5.74) is 7.32. The lowest BCUT2D eigenvalue weighted by Gasteiger charge is -2.08. The van der Waals surface area contributed by atoms with E-state index in [0.717, 1.165) is 28.6 Å². The highest BCUT2D eigenvalue weighted by Crippen LogP contribution is 2.29. The Morgan fingerprint density at radius 1 is 1.03 bits per heavy atom. The third kappa shape index (κ3) is 3.99. The normalized spacial score (nSPS) is 12.1. The van der Waals surface area contributed by atoms with Gasteiger partial charge in [0.1, 0.15) is 5.52 Å². The van der Waals surface area contributed by atoms with Crippen molar-refractivity contribution in [1.29, 1.82) is 0 Å². The zero-order chi connectivity index (χ0) is 21.3. The Hall–Kier alpha value is -3.40. The first-order valence-corrected chi connectivity index (χ1v) is 10.3. The molecule has 0 radical (unpaired) electrons. The summed E-state index contributed by atoms with van der Waals surface area (Å²) in [6.07, 6.45) is 1.08. The van der Waals surface area contributed by atoms with Crippen LogP contribution < -0.4 is 5.32 Å². The number of nitrogens with zero attached hydrogens (tertiary/aromatic N) is 1. The number of hydrogen-bond donors (Lipinski definition) is 1. The highest BCUT2D eigenvalue weighted by atomic mass is 16.3. The Balaban J connectivity index is 1.59. The smallest absolute Gasteiger partial charge is 0.255 e. The maximum atomic E-state index is 12.6. The number of anilines is 1. The van der Waals surface area contributed by atoms with E-state index >= 15 is 0 Å². The van der Waals surface area contributed by atoms with Gasteiger partial charge in [-0.2, -0.15) is 0 Å². The van der Waals surface area contributed by atoms with Crippen LogP contribution in [0.25, 0.3) is 22.6 Å². The molecule has 4 nitrogen and oxygen atoms in total. The van der Waals surface area contributed by atoms with Gasteiger partial charge in [-0.15, -0.1) is 0 Å². The van der Waals surface area contributed by atoms with Crippen molar-refractivity contribution in [1.82, 2.24) is 4.98 Å². The standard InChI is InChI=1S/C26H26N2O2/c1-5-16(2)19-11-12-24-23(15-19)28-26(30-24)21-7-6-8-22(14-21)27-25(29)20-10-9-17(3)18(4)13-20/h6-16H,5H2,1-4H3,(H,27,29)/t16-/m0/s1. The van der Waals surface area contributed by atoms with E-state index in [9.17, 15) is 4.79 Å². The van der Waals surface area contributed by atoms with E-state index in [0.29, 0.717) is 23.1 Å². The second-order valence-corrected chi connectivity index (χ2v) is 7.89. The molecule has 1 aromatic heterocycles. The predicted octanol–water partition coefficient (Wildman–Crippen LogP) is 6.88. The number of rotatable bonds is 5. The lowest BCUT2D eigenvalue weighted by atomic mass is 9.98. The van der Waals surface area contributed by atoms with Crippen molar-refractivity contribution in [2.75, 3.05) is 5.32 Å². The zero-order valence-electron chi connectivity index (χ0n) is 17.8. The molecule has 4 rings (SSSR count). The van der Waals surface area contributed by atoms with Gasteiger partial charge in [-0.05, 0) is 85.3 Å². The van der Waals surface area contributed by atoms with E-state index in [1.165, 1.54) is 11.1 Å². The Morgan fingerprint density at radius 2 is 1.87 bits per heavy atom. The number of hydrogen-bond acceptors (Lipinski definition) is 3. The van der Waals surface area contributed by atoms with Crippen molar-refractivity contribution in [3.05, 3.63) is 82.9 Å². The summed E-state index contributed by atoms with van der Waals surface area (Å²) in [5.74, 6) is 0.901. The van der Waals surface area contributed by atoms with E-state index in [2.05, 4.69) is 36.3 Å². The quantitative estimate of drug-likeness (QED) is 0.399. The van der Waals surface area contributed by atoms with Crippen molar-refractivity contribution in [3.63, 3.8) is 0 Å². The molecule has 1 heterocycles. The minimum Gasteiger partial charge on any atom is -0.436 e. The van der Waals surface area contributed by atoms with Gasteiger partial charge in [-0.1, -0.05) is 32.0 Å². The number of nitrogens with one attached hydrogen (secondary N) is 1. The molecule has 0 aliphatic rings. The fourth-order valence-electron chi connectivity index (χ4n) is 3.43. The SMILES string of the molecule is CC[C@H](C)c1ccc2oc(-c3cccc(NC(=O)c4ccc(C)c(C)c4)c3)nc2c1. The molecule has 1 atom stereocenters. The second kappa shape index (κ2) is 8.15. The Labute approximate surface area is 177 Å². The molecule has 0 saturated carbocycles. The van der Waals surface area contributed by atoms with Crippen molar-refractivity contribution in [2.45, 2.75) is 40.0 Å². The summed E-state index contributed by atoms with van der Waals surface area (Å²) in [4.78, 5) is 17.3. The molecule has 0 aliphatic heterocycles. The van der Waals surface area contributed by atoms with Crippen molar-refractivity contribution < 1.29 is 9.21 Å². The summed E-state index contributed by atoms with van der Waals surface area (Å²) >= 11 is 0. The lowest BCUT2D eigenvalue weighted by molar-refractivity contribution is 0.102. The monoisotopic (exact) mass is 398 g/mol. The zero-order valence-corrected chi connectivity index (χ0v) is 17.8. The van der Waals surface area contributed by atoms with Crippen LogP contribution in [-0.2, 0) is 0 Å². The van der Waals surface area contributed by atoms with Gasteiger partial charge in [-0.25, -0.2) is 4.98 Å². The van der Waals surface area contributed by atoms with Crippen LogP contribution in [0.3, 0.4) is 0 Å². The molecule has 3 aromatic carbocycles. The molecule has 4 aromatic rings. The molecule has 152 valence electrons. The van der Waals surface area contributed by atoms with Gasteiger partial charge >= 0.3 is 0 Å². The summed E-state index contributed by atoms with van der Waals surface area (Å²) < 4.78 is 5.97. The number of aromatic nitrogens is 1. The number of carbonyl (C=O) groups is 1. The molecule has 0 aliphatic carbocycles.